The fourth-order valence-electron chi connectivity index (χ4n) is 3.17. The molecule has 1 amide bonds. The van der Waals surface area contributed by atoms with Gasteiger partial charge in [0.15, 0.2) is 0 Å². The second kappa shape index (κ2) is 10.7. The van der Waals surface area contributed by atoms with Gasteiger partial charge in [0, 0.05) is 42.2 Å². The van der Waals surface area contributed by atoms with Gasteiger partial charge in [0.1, 0.15) is 0 Å². The molecule has 1 aliphatic carbocycles. The minimum absolute atomic E-state index is 0. The highest BCUT2D eigenvalue weighted by atomic mass is 35.5. The predicted octanol–water partition coefficient (Wildman–Crippen LogP) is 3.08. The van der Waals surface area contributed by atoms with Gasteiger partial charge in [-0.3, -0.25) is 9.78 Å². The third-order valence-electron chi connectivity index (χ3n) is 4.46. The SMILES string of the molecule is Cl.Cl.NC[C@H]1CCC[C@H]1C(=O)NCCc1nc(-c2ccncc2)cs1. The largest absolute Gasteiger partial charge is 0.355 e. The fraction of sp³-hybridized carbons (Fsp3) is 0.471. The number of nitrogens with one attached hydrogen (secondary N) is 1. The average Bonchev–Trinajstić information content (AvgIpc) is 3.24. The topological polar surface area (TPSA) is 80.9 Å². The van der Waals surface area contributed by atoms with Crippen LogP contribution in [0.5, 0.6) is 0 Å². The standard InChI is InChI=1S/C17H22N4OS.2ClH/c18-10-13-2-1-3-14(13)17(22)20-9-6-16-21-15(11-23-16)12-4-7-19-8-5-12;;/h4-5,7-8,11,13-14H,1-3,6,9-10,18H2,(H,20,22);2*1H/t13-,14-;;/m1../s1. The lowest BCUT2D eigenvalue weighted by atomic mass is 9.95. The Kier molecular flexibility index (Phi) is 9.35. The molecule has 3 rings (SSSR count). The molecule has 2 aromatic heterocycles. The van der Waals surface area contributed by atoms with Crippen molar-refractivity contribution in [1.82, 2.24) is 15.3 Å². The number of rotatable bonds is 6. The zero-order chi connectivity index (χ0) is 16.1. The van der Waals surface area contributed by atoms with E-state index < -0.39 is 0 Å². The Hall–Kier alpha value is -1.21. The van der Waals surface area contributed by atoms with Crippen LogP contribution in [0.25, 0.3) is 11.3 Å². The Morgan fingerprint density at radius 1 is 1.28 bits per heavy atom. The van der Waals surface area contributed by atoms with Gasteiger partial charge in [-0.1, -0.05) is 6.42 Å². The lowest BCUT2D eigenvalue weighted by molar-refractivity contribution is -0.125. The summed E-state index contributed by atoms with van der Waals surface area (Å²) >= 11 is 1.63. The monoisotopic (exact) mass is 402 g/mol. The van der Waals surface area contributed by atoms with Gasteiger partial charge in [0.25, 0.3) is 0 Å². The Morgan fingerprint density at radius 2 is 2.04 bits per heavy atom. The molecule has 1 fully saturated rings. The summed E-state index contributed by atoms with van der Waals surface area (Å²) in [5, 5.41) is 6.14. The first-order valence-electron chi connectivity index (χ1n) is 8.10. The number of amides is 1. The number of nitrogens with two attached hydrogens (primary N) is 1. The highest BCUT2D eigenvalue weighted by molar-refractivity contribution is 7.09. The molecule has 138 valence electrons. The zero-order valence-electron chi connectivity index (χ0n) is 13.9. The van der Waals surface area contributed by atoms with E-state index in [4.69, 9.17) is 5.73 Å². The molecule has 2 aromatic rings. The second-order valence-corrected chi connectivity index (χ2v) is 6.88. The number of aromatic nitrogens is 2. The summed E-state index contributed by atoms with van der Waals surface area (Å²) in [7, 11) is 0. The van der Waals surface area contributed by atoms with Crippen LogP contribution in [0.3, 0.4) is 0 Å². The van der Waals surface area contributed by atoms with Gasteiger partial charge >= 0.3 is 0 Å². The number of nitrogens with zero attached hydrogens (tertiary/aromatic N) is 2. The molecule has 0 radical (unpaired) electrons. The van der Waals surface area contributed by atoms with Crippen LogP contribution in [-0.4, -0.2) is 29.0 Å². The maximum Gasteiger partial charge on any atom is 0.223 e. The van der Waals surface area contributed by atoms with Crippen LogP contribution in [0.2, 0.25) is 0 Å². The van der Waals surface area contributed by atoms with Crippen LogP contribution in [0.4, 0.5) is 0 Å². The maximum atomic E-state index is 12.2. The van der Waals surface area contributed by atoms with Crippen molar-refractivity contribution in [2.24, 2.45) is 17.6 Å². The van der Waals surface area contributed by atoms with E-state index in [1.54, 1.807) is 23.7 Å². The molecule has 0 aliphatic heterocycles. The van der Waals surface area contributed by atoms with Crippen molar-refractivity contribution in [1.29, 1.82) is 0 Å². The van der Waals surface area contributed by atoms with Crippen LogP contribution in [0, 0.1) is 11.8 Å². The van der Waals surface area contributed by atoms with Gasteiger partial charge in [0.2, 0.25) is 5.91 Å². The summed E-state index contributed by atoms with van der Waals surface area (Å²) in [4.78, 5) is 20.9. The Labute approximate surface area is 164 Å². The average molecular weight is 403 g/mol. The van der Waals surface area contributed by atoms with Crippen LogP contribution in [0.15, 0.2) is 29.9 Å². The number of carbonyl (C=O) groups is 1. The van der Waals surface area contributed by atoms with Crippen LogP contribution in [-0.2, 0) is 11.2 Å². The minimum atomic E-state index is 0. The van der Waals surface area contributed by atoms with E-state index in [1.165, 1.54) is 0 Å². The van der Waals surface area contributed by atoms with Gasteiger partial charge in [0.05, 0.1) is 10.7 Å². The molecular formula is C17H24Cl2N4OS. The quantitative estimate of drug-likeness (QED) is 0.777. The van der Waals surface area contributed by atoms with E-state index in [1.807, 2.05) is 17.5 Å². The summed E-state index contributed by atoms with van der Waals surface area (Å²) in [5.41, 5.74) is 7.79. The van der Waals surface area contributed by atoms with Crippen molar-refractivity contribution in [2.75, 3.05) is 13.1 Å². The van der Waals surface area contributed by atoms with Crippen LogP contribution in [0.1, 0.15) is 24.3 Å². The first-order valence-corrected chi connectivity index (χ1v) is 8.98. The number of halogens is 2. The van der Waals surface area contributed by atoms with E-state index in [-0.39, 0.29) is 36.6 Å². The minimum Gasteiger partial charge on any atom is -0.355 e. The molecule has 0 unspecified atom stereocenters. The van der Waals surface area contributed by atoms with Gasteiger partial charge < -0.3 is 11.1 Å². The molecule has 0 saturated heterocycles. The number of carbonyl (C=O) groups excluding carboxylic acids is 1. The Morgan fingerprint density at radius 3 is 2.76 bits per heavy atom. The lowest BCUT2D eigenvalue weighted by Crippen LogP contribution is -2.36. The molecule has 0 spiro atoms. The first kappa shape index (κ1) is 21.8. The first-order chi connectivity index (χ1) is 11.3. The molecule has 0 bridgehead atoms. The summed E-state index contributed by atoms with van der Waals surface area (Å²) < 4.78 is 0. The van der Waals surface area contributed by atoms with Gasteiger partial charge in [-0.2, -0.15) is 0 Å². The highest BCUT2D eigenvalue weighted by Gasteiger charge is 2.31. The maximum absolute atomic E-state index is 12.2. The van der Waals surface area contributed by atoms with Crippen molar-refractivity contribution in [2.45, 2.75) is 25.7 Å². The van der Waals surface area contributed by atoms with Gasteiger partial charge in [-0.15, -0.1) is 36.2 Å². The summed E-state index contributed by atoms with van der Waals surface area (Å²) in [6, 6.07) is 3.90. The molecule has 1 saturated carbocycles. The molecular weight excluding hydrogens is 379 g/mol. The molecule has 3 N–H and O–H groups in total. The molecule has 2 atom stereocenters. The van der Waals surface area contributed by atoms with Crippen molar-refractivity contribution < 1.29 is 4.79 Å². The predicted molar refractivity (Wildman–Crippen MR) is 106 cm³/mol. The zero-order valence-corrected chi connectivity index (χ0v) is 16.3. The number of hydrogen-bond acceptors (Lipinski definition) is 5. The fourth-order valence-corrected chi connectivity index (χ4v) is 3.98. The molecule has 8 heteroatoms. The summed E-state index contributed by atoms with van der Waals surface area (Å²) in [6.07, 6.45) is 7.46. The number of pyridine rings is 1. The van der Waals surface area contributed by atoms with Crippen molar-refractivity contribution in [3.8, 4) is 11.3 Å². The van der Waals surface area contributed by atoms with Crippen LogP contribution >= 0.6 is 36.2 Å². The van der Waals surface area contributed by atoms with Crippen molar-refractivity contribution in [3.05, 3.63) is 34.9 Å². The molecule has 5 nitrogen and oxygen atoms in total. The lowest BCUT2D eigenvalue weighted by Gasteiger charge is -2.17. The van der Waals surface area contributed by atoms with Gasteiger partial charge in [-0.05, 0) is 37.4 Å². The van der Waals surface area contributed by atoms with Crippen molar-refractivity contribution >= 4 is 42.1 Å². The van der Waals surface area contributed by atoms with Crippen molar-refractivity contribution in [3.63, 3.8) is 0 Å². The van der Waals surface area contributed by atoms with Gasteiger partial charge in [-0.25, -0.2) is 4.98 Å². The Balaban J connectivity index is 0.00000156. The number of thiazole rings is 1. The highest BCUT2D eigenvalue weighted by Crippen LogP contribution is 2.30. The van der Waals surface area contributed by atoms with E-state index in [0.29, 0.717) is 19.0 Å². The smallest absolute Gasteiger partial charge is 0.223 e. The third-order valence-corrected chi connectivity index (χ3v) is 5.37. The van der Waals surface area contributed by atoms with E-state index in [2.05, 4.69) is 15.3 Å². The van der Waals surface area contributed by atoms with E-state index in [0.717, 1.165) is 41.9 Å². The van der Waals surface area contributed by atoms with Crippen LogP contribution < -0.4 is 11.1 Å². The van der Waals surface area contributed by atoms with E-state index in [9.17, 15) is 4.79 Å². The molecule has 1 aliphatic rings. The molecule has 0 aromatic carbocycles. The molecule has 25 heavy (non-hydrogen) atoms. The normalized spacial score (nSPS) is 18.9. The van der Waals surface area contributed by atoms with E-state index >= 15 is 0 Å². The number of hydrogen-bond donors (Lipinski definition) is 2. The third kappa shape index (κ3) is 5.64. The molecule has 2 heterocycles. The summed E-state index contributed by atoms with van der Waals surface area (Å²) in [6.45, 7) is 1.25. The Bertz CT molecular complexity index is 653. The second-order valence-electron chi connectivity index (χ2n) is 5.94. The summed E-state index contributed by atoms with van der Waals surface area (Å²) in [5.74, 6) is 0.612.